The summed E-state index contributed by atoms with van der Waals surface area (Å²) in [5.41, 5.74) is 0.826. The van der Waals surface area contributed by atoms with E-state index in [4.69, 9.17) is 0 Å². The van der Waals surface area contributed by atoms with Gasteiger partial charge < -0.3 is 10.2 Å². The van der Waals surface area contributed by atoms with Gasteiger partial charge in [-0.1, -0.05) is 103 Å². The van der Waals surface area contributed by atoms with E-state index in [9.17, 15) is 10.2 Å². The van der Waals surface area contributed by atoms with Gasteiger partial charge in [-0.25, -0.2) is 0 Å². The van der Waals surface area contributed by atoms with Gasteiger partial charge in [0.15, 0.2) is 11.5 Å². The molecule has 0 heterocycles. The molecular weight excluding hydrogens is 346 g/mol. The molecule has 0 radical (unpaired) electrons. The van der Waals surface area contributed by atoms with E-state index in [1.165, 1.54) is 108 Å². The Morgan fingerprint density at radius 2 is 1.11 bits per heavy atom. The molecule has 0 aliphatic rings. The summed E-state index contributed by atoms with van der Waals surface area (Å²) >= 11 is 0. The van der Waals surface area contributed by atoms with Crippen LogP contribution >= 0.6 is 0 Å². The predicted molar refractivity (Wildman–Crippen MR) is 122 cm³/mol. The van der Waals surface area contributed by atoms with Crippen LogP contribution in [0.4, 0.5) is 0 Å². The zero-order valence-electron chi connectivity index (χ0n) is 18.2. The number of unbranched alkanes of at least 4 members (excludes halogenated alkanes) is 15. The maximum atomic E-state index is 9.44. The number of aliphatic imine (C=N–C) groups is 1. The minimum Gasteiger partial charge on any atom is -0.504 e. The summed E-state index contributed by atoms with van der Waals surface area (Å²) in [5.74, 6) is -0.179. The fourth-order valence-corrected chi connectivity index (χ4v) is 3.54. The Kier molecular flexibility index (Phi) is 15.4. The van der Waals surface area contributed by atoms with Crippen LogP contribution in [0.3, 0.4) is 0 Å². The molecule has 1 aromatic rings. The number of phenols is 2. The Hall–Kier alpha value is -1.51. The molecule has 0 saturated heterocycles. The maximum absolute atomic E-state index is 9.44. The molecular formula is C25H43NO2. The lowest BCUT2D eigenvalue weighted by Gasteiger charge is -2.03. The van der Waals surface area contributed by atoms with Crippen LogP contribution in [-0.4, -0.2) is 23.0 Å². The number of nitrogens with zero attached hydrogens (tertiary/aromatic N) is 1. The third-order valence-electron chi connectivity index (χ3n) is 5.38. The fraction of sp³-hybridized carbons (Fsp3) is 0.720. The molecule has 2 N–H and O–H groups in total. The molecule has 28 heavy (non-hydrogen) atoms. The second kappa shape index (κ2) is 17.6. The van der Waals surface area contributed by atoms with E-state index in [0.717, 1.165) is 18.5 Å². The van der Waals surface area contributed by atoms with Gasteiger partial charge >= 0.3 is 0 Å². The summed E-state index contributed by atoms with van der Waals surface area (Å²) in [4.78, 5) is 4.40. The average Bonchev–Trinajstić information content (AvgIpc) is 2.69. The van der Waals surface area contributed by atoms with Crippen LogP contribution in [0.1, 0.15) is 115 Å². The van der Waals surface area contributed by atoms with Gasteiger partial charge in [0.2, 0.25) is 0 Å². The molecule has 0 fully saturated rings. The molecule has 0 spiro atoms. The minimum atomic E-state index is -0.0913. The number of aromatic hydroxyl groups is 2. The van der Waals surface area contributed by atoms with Crippen molar-refractivity contribution in [3.05, 3.63) is 23.8 Å². The average molecular weight is 390 g/mol. The van der Waals surface area contributed by atoms with E-state index < -0.39 is 0 Å². The van der Waals surface area contributed by atoms with Gasteiger partial charge in [0.05, 0.1) is 0 Å². The van der Waals surface area contributed by atoms with Crippen molar-refractivity contribution in [3.8, 4) is 11.5 Å². The van der Waals surface area contributed by atoms with Gasteiger partial charge in [0.1, 0.15) is 0 Å². The Morgan fingerprint density at radius 3 is 1.57 bits per heavy atom. The highest BCUT2D eigenvalue weighted by molar-refractivity contribution is 5.80. The molecule has 3 heteroatoms. The fourth-order valence-electron chi connectivity index (χ4n) is 3.54. The van der Waals surface area contributed by atoms with Gasteiger partial charge in [-0.3, -0.25) is 4.99 Å². The number of rotatable bonds is 18. The normalized spacial score (nSPS) is 11.5. The Morgan fingerprint density at radius 1 is 0.643 bits per heavy atom. The number of hydrogen-bond donors (Lipinski definition) is 2. The minimum absolute atomic E-state index is 0.0880. The first-order valence-electron chi connectivity index (χ1n) is 11.8. The van der Waals surface area contributed by atoms with Gasteiger partial charge in [-0.15, -0.1) is 0 Å². The standard InChI is InChI=1S/C25H43NO2/c1-2-3-4-5-6-7-8-9-10-11-12-13-14-15-16-17-20-26-22-23-18-19-24(27)25(28)21-23/h18-19,21-22,27-28H,2-17,20H2,1H3/b26-22+. The zero-order chi connectivity index (χ0) is 20.3. The summed E-state index contributed by atoms with van der Waals surface area (Å²) in [6, 6.07) is 4.78. The van der Waals surface area contributed by atoms with E-state index in [1.807, 2.05) is 0 Å². The van der Waals surface area contributed by atoms with Crippen LogP contribution in [0.2, 0.25) is 0 Å². The molecule has 1 aromatic carbocycles. The predicted octanol–water partition coefficient (Wildman–Crippen LogP) is 7.78. The van der Waals surface area contributed by atoms with Crippen LogP contribution in [0.15, 0.2) is 23.2 Å². The van der Waals surface area contributed by atoms with Crippen LogP contribution in [0.25, 0.3) is 0 Å². The molecule has 0 unspecified atom stereocenters. The smallest absolute Gasteiger partial charge is 0.158 e. The second-order valence-electron chi connectivity index (χ2n) is 8.09. The Labute approximate surface area is 173 Å². The van der Waals surface area contributed by atoms with Gasteiger partial charge in [0.25, 0.3) is 0 Å². The second-order valence-corrected chi connectivity index (χ2v) is 8.09. The lowest BCUT2D eigenvalue weighted by atomic mass is 10.0. The lowest BCUT2D eigenvalue weighted by molar-refractivity contribution is 0.403. The van der Waals surface area contributed by atoms with Crippen LogP contribution < -0.4 is 0 Å². The van der Waals surface area contributed by atoms with Crippen molar-refractivity contribution in [2.24, 2.45) is 4.99 Å². The van der Waals surface area contributed by atoms with E-state index in [2.05, 4.69) is 11.9 Å². The Bertz CT molecular complexity index is 513. The van der Waals surface area contributed by atoms with Crippen LogP contribution in [0.5, 0.6) is 11.5 Å². The number of benzene rings is 1. The quantitative estimate of drug-likeness (QED) is 0.153. The van der Waals surface area contributed by atoms with Crippen molar-refractivity contribution < 1.29 is 10.2 Å². The highest BCUT2D eigenvalue weighted by Gasteiger charge is 1.98. The highest BCUT2D eigenvalue weighted by Crippen LogP contribution is 2.24. The van der Waals surface area contributed by atoms with Gasteiger partial charge in [-0.2, -0.15) is 0 Å². The zero-order valence-corrected chi connectivity index (χ0v) is 18.2. The van der Waals surface area contributed by atoms with Crippen molar-refractivity contribution in [3.63, 3.8) is 0 Å². The van der Waals surface area contributed by atoms with Gasteiger partial charge in [-0.05, 0) is 30.2 Å². The van der Waals surface area contributed by atoms with E-state index in [-0.39, 0.29) is 11.5 Å². The molecule has 1 rings (SSSR count). The third-order valence-corrected chi connectivity index (χ3v) is 5.38. The van der Waals surface area contributed by atoms with E-state index in [1.54, 1.807) is 12.3 Å². The molecule has 0 bridgehead atoms. The first kappa shape index (κ1) is 24.5. The molecule has 0 aliphatic heterocycles. The summed E-state index contributed by atoms with van der Waals surface area (Å²) in [5, 5.41) is 18.7. The molecule has 0 aliphatic carbocycles. The largest absolute Gasteiger partial charge is 0.504 e. The van der Waals surface area contributed by atoms with Gasteiger partial charge in [0, 0.05) is 12.8 Å². The maximum Gasteiger partial charge on any atom is 0.158 e. The van der Waals surface area contributed by atoms with Crippen molar-refractivity contribution in [2.45, 2.75) is 110 Å². The number of hydrogen-bond acceptors (Lipinski definition) is 3. The highest BCUT2D eigenvalue weighted by atomic mass is 16.3. The third kappa shape index (κ3) is 13.6. The van der Waals surface area contributed by atoms with Crippen molar-refractivity contribution in [1.29, 1.82) is 0 Å². The summed E-state index contributed by atoms with van der Waals surface area (Å²) in [7, 11) is 0. The molecule has 160 valence electrons. The molecule has 0 amide bonds. The molecule has 3 nitrogen and oxygen atoms in total. The SMILES string of the molecule is CCCCCCCCCCCCCCCCCC/N=C/c1ccc(O)c(O)c1. The summed E-state index contributed by atoms with van der Waals surface area (Å²) in [6.07, 6.45) is 23.8. The Balaban J connectivity index is 1.80. The monoisotopic (exact) mass is 389 g/mol. The summed E-state index contributed by atoms with van der Waals surface area (Å²) < 4.78 is 0. The van der Waals surface area contributed by atoms with Crippen LogP contribution in [0, 0.1) is 0 Å². The molecule has 0 atom stereocenters. The first-order valence-corrected chi connectivity index (χ1v) is 11.8. The number of phenolic OH excluding ortho intramolecular Hbond substituents is 2. The van der Waals surface area contributed by atoms with Crippen molar-refractivity contribution >= 4 is 6.21 Å². The van der Waals surface area contributed by atoms with E-state index >= 15 is 0 Å². The first-order chi connectivity index (χ1) is 13.7. The van der Waals surface area contributed by atoms with Crippen molar-refractivity contribution in [2.75, 3.05) is 6.54 Å². The van der Waals surface area contributed by atoms with Crippen molar-refractivity contribution in [1.82, 2.24) is 0 Å². The lowest BCUT2D eigenvalue weighted by Crippen LogP contribution is -1.87. The summed E-state index contributed by atoms with van der Waals surface area (Å²) in [6.45, 7) is 3.11. The molecule has 0 aromatic heterocycles. The topological polar surface area (TPSA) is 52.8 Å². The van der Waals surface area contributed by atoms with E-state index in [0.29, 0.717) is 0 Å². The molecule has 0 saturated carbocycles. The van der Waals surface area contributed by atoms with Crippen LogP contribution in [-0.2, 0) is 0 Å².